The van der Waals surface area contributed by atoms with Crippen LogP contribution in [0.3, 0.4) is 0 Å². The highest BCUT2D eigenvalue weighted by Crippen LogP contribution is 1.97. The summed E-state index contributed by atoms with van der Waals surface area (Å²) in [5, 5.41) is 0. The second-order valence-corrected chi connectivity index (χ2v) is 4.20. The molecule has 0 saturated carbocycles. The Hall–Kier alpha value is -0.470. The van der Waals surface area contributed by atoms with Crippen molar-refractivity contribution in [3.05, 3.63) is 38.0 Å². The molecule has 1 N–H and O–H groups in total. The SMILES string of the molecule is C=CC[S+](CC=C)CC=C.[OH-]. The summed E-state index contributed by atoms with van der Waals surface area (Å²) in [6.45, 7) is 11.1. The average molecular weight is 172 g/mol. The highest BCUT2D eigenvalue weighted by molar-refractivity contribution is 7.97. The third-order valence-corrected chi connectivity index (χ3v) is 3.18. The van der Waals surface area contributed by atoms with Gasteiger partial charge in [-0.3, -0.25) is 0 Å². The third kappa shape index (κ3) is 7.43. The molecule has 0 atom stereocenters. The standard InChI is InChI=1S/C9H15S.H2O/c1-4-7-10(8-5-2)9-6-3;/h4-6H,1-3,7-9H2;1H2/q+1;/p-1. The van der Waals surface area contributed by atoms with E-state index in [0.29, 0.717) is 10.9 Å². The summed E-state index contributed by atoms with van der Waals surface area (Å²) in [5.74, 6) is 3.29. The molecule has 0 radical (unpaired) electrons. The fourth-order valence-electron chi connectivity index (χ4n) is 0.704. The lowest BCUT2D eigenvalue weighted by atomic mass is 10.7. The second kappa shape index (κ2) is 9.53. The van der Waals surface area contributed by atoms with E-state index in [-0.39, 0.29) is 5.48 Å². The molecule has 0 bridgehead atoms. The van der Waals surface area contributed by atoms with Crippen molar-refractivity contribution < 1.29 is 5.48 Å². The quantitative estimate of drug-likeness (QED) is 0.445. The maximum absolute atomic E-state index is 3.70. The van der Waals surface area contributed by atoms with Crippen molar-refractivity contribution >= 4 is 10.9 Å². The molecule has 0 spiro atoms. The molecule has 64 valence electrons. The van der Waals surface area contributed by atoms with Gasteiger partial charge in [0.05, 0.1) is 0 Å². The molecular formula is C9H16OS. The summed E-state index contributed by atoms with van der Waals surface area (Å²) in [6, 6.07) is 0. The van der Waals surface area contributed by atoms with Crippen molar-refractivity contribution in [2.24, 2.45) is 0 Å². The van der Waals surface area contributed by atoms with E-state index in [0.717, 1.165) is 17.3 Å². The Bertz CT molecular complexity index is 97.0. The van der Waals surface area contributed by atoms with Crippen molar-refractivity contribution in [1.29, 1.82) is 0 Å². The normalized spacial score (nSPS) is 8.45. The molecule has 0 amide bonds. The molecule has 0 aliphatic rings. The fourth-order valence-corrected chi connectivity index (χ4v) is 2.11. The zero-order valence-corrected chi connectivity index (χ0v) is 7.65. The lowest BCUT2D eigenvalue weighted by Crippen LogP contribution is -2.11. The van der Waals surface area contributed by atoms with Crippen molar-refractivity contribution in [2.75, 3.05) is 17.3 Å². The van der Waals surface area contributed by atoms with Gasteiger partial charge in [0.1, 0.15) is 17.3 Å². The van der Waals surface area contributed by atoms with Crippen molar-refractivity contribution in [3.8, 4) is 0 Å². The van der Waals surface area contributed by atoms with Gasteiger partial charge in [-0.25, -0.2) is 0 Å². The van der Waals surface area contributed by atoms with Crippen LogP contribution in [0.25, 0.3) is 0 Å². The molecule has 2 heteroatoms. The van der Waals surface area contributed by atoms with Crippen LogP contribution in [0.4, 0.5) is 0 Å². The van der Waals surface area contributed by atoms with Crippen molar-refractivity contribution in [2.45, 2.75) is 0 Å². The Kier molecular flexibility index (Phi) is 11.4. The molecule has 0 rings (SSSR count). The van der Waals surface area contributed by atoms with E-state index in [1.807, 2.05) is 18.2 Å². The van der Waals surface area contributed by atoms with E-state index < -0.39 is 0 Å². The molecule has 0 aromatic heterocycles. The Morgan fingerprint density at radius 1 is 0.818 bits per heavy atom. The molecule has 11 heavy (non-hydrogen) atoms. The number of rotatable bonds is 6. The van der Waals surface area contributed by atoms with Gasteiger partial charge < -0.3 is 5.48 Å². The Morgan fingerprint density at radius 2 is 1.09 bits per heavy atom. The smallest absolute Gasteiger partial charge is 0.126 e. The Balaban J connectivity index is 0. The zero-order chi connectivity index (χ0) is 7.82. The van der Waals surface area contributed by atoms with Gasteiger partial charge in [-0.15, -0.1) is 0 Å². The molecule has 0 aliphatic heterocycles. The zero-order valence-electron chi connectivity index (χ0n) is 6.83. The minimum Gasteiger partial charge on any atom is -0.870 e. The predicted molar refractivity (Wildman–Crippen MR) is 54.5 cm³/mol. The molecule has 0 aromatic carbocycles. The predicted octanol–water partition coefficient (Wildman–Crippen LogP) is 1.99. The van der Waals surface area contributed by atoms with Crippen LogP contribution in [-0.2, 0) is 10.9 Å². The number of hydrogen-bond donors (Lipinski definition) is 0. The Labute approximate surface area is 72.2 Å². The van der Waals surface area contributed by atoms with Gasteiger partial charge in [-0.1, -0.05) is 19.7 Å². The molecule has 0 fully saturated rings. The van der Waals surface area contributed by atoms with Crippen LogP contribution in [0.5, 0.6) is 0 Å². The molecule has 0 aliphatic carbocycles. The highest BCUT2D eigenvalue weighted by Gasteiger charge is 2.09. The topological polar surface area (TPSA) is 30.0 Å². The second-order valence-electron chi connectivity index (χ2n) is 1.98. The molecular weight excluding hydrogens is 156 g/mol. The van der Waals surface area contributed by atoms with Crippen LogP contribution in [0.2, 0.25) is 0 Å². The Morgan fingerprint density at radius 3 is 1.27 bits per heavy atom. The van der Waals surface area contributed by atoms with E-state index in [4.69, 9.17) is 0 Å². The van der Waals surface area contributed by atoms with Crippen LogP contribution in [0.15, 0.2) is 38.0 Å². The summed E-state index contributed by atoms with van der Waals surface area (Å²) < 4.78 is 0. The van der Waals surface area contributed by atoms with Gasteiger partial charge in [0.25, 0.3) is 0 Å². The summed E-state index contributed by atoms with van der Waals surface area (Å²) in [4.78, 5) is 0. The van der Waals surface area contributed by atoms with Gasteiger partial charge in [-0.2, -0.15) is 0 Å². The van der Waals surface area contributed by atoms with Crippen LogP contribution >= 0.6 is 0 Å². The van der Waals surface area contributed by atoms with E-state index in [1.165, 1.54) is 0 Å². The van der Waals surface area contributed by atoms with E-state index >= 15 is 0 Å². The first kappa shape index (κ1) is 13.1. The van der Waals surface area contributed by atoms with Crippen LogP contribution in [0, 0.1) is 0 Å². The lowest BCUT2D eigenvalue weighted by molar-refractivity contribution is 0.824. The van der Waals surface area contributed by atoms with Crippen LogP contribution < -0.4 is 0 Å². The molecule has 0 unspecified atom stereocenters. The van der Waals surface area contributed by atoms with E-state index in [2.05, 4.69) is 19.7 Å². The molecule has 0 aromatic rings. The van der Waals surface area contributed by atoms with Gasteiger partial charge in [0, 0.05) is 0 Å². The molecule has 0 heterocycles. The van der Waals surface area contributed by atoms with Crippen LogP contribution in [-0.4, -0.2) is 22.7 Å². The molecule has 0 saturated heterocycles. The van der Waals surface area contributed by atoms with Gasteiger partial charge in [0.2, 0.25) is 0 Å². The van der Waals surface area contributed by atoms with Crippen LogP contribution in [0.1, 0.15) is 0 Å². The highest BCUT2D eigenvalue weighted by atomic mass is 32.2. The maximum atomic E-state index is 3.70. The maximum Gasteiger partial charge on any atom is 0.126 e. The first-order valence-electron chi connectivity index (χ1n) is 3.32. The monoisotopic (exact) mass is 172 g/mol. The summed E-state index contributed by atoms with van der Waals surface area (Å²) in [5.41, 5.74) is 0. The summed E-state index contributed by atoms with van der Waals surface area (Å²) in [7, 11) is 0.421. The van der Waals surface area contributed by atoms with Crippen molar-refractivity contribution in [3.63, 3.8) is 0 Å². The average Bonchev–Trinajstić information content (AvgIpc) is 1.90. The first-order chi connectivity index (χ1) is 4.85. The first-order valence-corrected chi connectivity index (χ1v) is 5.05. The fraction of sp³-hybridized carbons (Fsp3) is 0.333. The summed E-state index contributed by atoms with van der Waals surface area (Å²) in [6.07, 6.45) is 5.91. The van der Waals surface area contributed by atoms with Crippen molar-refractivity contribution in [1.82, 2.24) is 0 Å². The van der Waals surface area contributed by atoms with Gasteiger partial charge in [-0.05, 0) is 29.1 Å². The van der Waals surface area contributed by atoms with Gasteiger partial charge in [0.15, 0.2) is 0 Å². The third-order valence-electron chi connectivity index (χ3n) is 1.06. The number of hydrogen-bond acceptors (Lipinski definition) is 1. The lowest BCUT2D eigenvalue weighted by Gasteiger charge is -1.98. The van der Waals surface area contributed by atoms with Gasteiger partial charge >= 0.3 is 0 Å². The molecule has 1 nitrogen and oxygen atoms in total. The summed E-state index contributed by atoms with van der Waals surface area (Å²) >= 11 is 0. The minimum atomic E-state index is 0. The van der Waals surface area contributed by atoms with E-state index in [9.17, 15) is 0 Å². The minimum absolute atomic E-state index is 0. The van der Waals surface area contributed by atoms with E-state index in [1.54, 1.807) is 0 Å². The largest absolute Gasteiger partial charge is 0.870 e.